The van der Waals surface area contributed by atoms with Gasteiger partial charge in [-0.05, 0) is 17.4 Å². The standard InChI is InChI=1S/C10H13N3OS/c1-6(2)5-8-12-10(14-13-8)7-3-4-15-9(7)11/h3-4,6H,5,11H2,1-2H3. The number of nitrogens with zero attached hydrogens (tertiary/aromatic N) is 2. The molecule has 0 saturated heterocycles. The van der Waals surface area contributed by atoms with Crippen LogP contribution in [0, 0.1) is 5.92 Å². The normalized spacial score (nSPS) is 11.1. The molecule has 2 aromatic rings. The van der Waals surface area contributed by atoms with E-state index in [1.165, 1.54) is 11.3 Å². The largest absolute Gasteiger partial charge is 0.390 e. The lowest BCUT2D eigenvalue weighted by Crippen LogP contribution is -1.95. The van der Waals surface area contributed by atoms with Crippen LogP contribution in [0.3, 0.4) is 0 Å². The van der Waals surface area contributed by atoms with E-state index < -0.39 is 0 Å². The van der Waals surface area contributed by atoms with Crippen molar-refractivity contribution in [1.82, 2.24) is 10.1 Å². The van der Waals surface area contributed by atoms with Crippen molar-refractivity contribution in [3.63, 3.8) is 0 Å². The highest BCUT2D eigenvalue weighted by Crippen LogP contribution is 2.29. The number of aromatic nitrogens is 2. The molecule has 0 aromatic carbocycles. The highest BCUT2D eigenvalue weighted by molar-refractivity contribution is 7.14. The second-order valence-corrected chi connectivity index (χ2v) is 4.76. The van der Waals surface area contributed by atoms with Crippen LogP contribution in [0.4, 0.5) is 5.00 Å². The maximum Gasteiger partial charge on any atom is 0.260 e. The number of hydrogen-bond acceptors (Lipinski definition) is 5. The minimum Gasteiger partial charge on any atom is -0.390 e. The Kier molecular flexibility index (Phi) is 2.73. The molecule has 5 heteroatoms. The van der Waals surface area contributed by atoms with Crippen LogP contribution in [-0.4, -0.2) is 10.1 Å². The van der Waals surface area contributed by atoms with Crippen LogP contribution in [0.5, 0.6) is 0 Å². The van der Waals surface area contributed by atoms with Crippen molar-refractivity contribution < 1.29 is 4.52 Å². The predicted octanol–water partition coefficient (Wildman–Crippen LogP) is 2.58. The van der Waals surface area contributed by atoms with E-state index in [1.54, 1.807) is 0 Å². The molecule has 0 saturated carbocycles. The Morgan fingerprint density at radius 2 is 2.33 bits per heavy atom. The molecule has 2 N–H and O–H groups in total. The smallest absolute Gasteiger partial charge is 0.260 e. The van der Waals surface area contributed by atoms with Crippen molar-refractivity contribution in [2.75, 3.05) is 5.73 Å². The van der Waals surface area contributed by atoms with Crippen LogP contribution < -0.4 is 5.73 Å². The third kappa shape index (κ3) is 2.18. The van der Waals surface area contributed by atoms with E-state index in [4.69, 9.17) is 10.3 Å². The predicted molar refractivity (Wildman–Crippen MR) is 60.6 cm³/mol. The first-order valence-electron chi connectivity index (χ1n) is 4.82. The van der Waals surface area contributed by atoms with Gasteiger partial charge in [-0.25, -0.2) is 0 Å². The van der Waals surface area contributed by atoms with E-state index in [0.717, 1.165) is 22.8 Å². The lowest BCUT2D eigenvalue weighted by atomic mass is 10.1. The Bertz CT molecular complexity index is 447. The molecule has 0 unspecified atom stereocenters. The first-order valence-corrected chi connectivity index (χ1v) is 5.70. The Labute approximate surface area is 92.1 Å². The van der Waals surface area contributed by atoms with Crippen molar-refractivity contribution >= 4 is 16.3 Å². The molecule has 4 nitrogen and oxygen atoms in total. The number of thiophene rings is 1. The summed E-state index contributed by atoms with van der Waals surface area (Å²) < 4.78 is 5.16. The van der Waals surface area contributed by atoms with Crippen molar-refractivity contribution in [2.24, 2.45) is 5.92 Å². The van der Waals surface area contributed by atoms with E-state index in [0.29, 0.717) is 11.8 Å². The third-order valence-electron chi connectivity index (χ3n) is 1.98. The van der Waals surface area contributed by atoms with Crippen LogP contribution in [0.2, 0.25) is 0 Å². The lowest BCUT2D eigenvalue weighted by molar-refractivity contribution is 0.418. The van der Waals surface area contributed by atoms with Crippen molar-refractivity contribution in [2.45, 2.75) is 20.3 Å². The van der Waals surface area contributed by atoms with Gasteiger partial charge in [0.05, 0.1) is 10.6 Å². The van der Waals surface area contributed by atoms with E-state index in [2.05, 4.69) is 24.0 Å². The number of nitrogen functional groups attached to an aromatic ring is 1. The van der Waals surface area contributed by atoms with Crippen LogP contribution >= 0.6 is 11.3 Å². The Morgan fingerprint density at radius 1 is 1.53 bits per heavy atom. The second-order valence-electron chi connectivity index (χ2n) is 3.81. The molecule has 0 fully saturated rings. The highest BCUT2D eigenvalue weighted by atomic mass is 32.1. The minimum atomic E-state index is 0.518. The van der Waals surface area contributed by atoms with E-state index in [9.17, 15) is 0 Å². The topological polar surface area (TPSA) is 64.9 Å². The fourth-order valence-electron chi connectivity index (χ4n) is 1.31. The van der Waals surface area contributed by atoms with Crippen LogP contribution in [-0.2, 0) is 6.42 Å². The molecule has 0 spiro atoms. The number of nitrogens with two attached hydrogens (primary N) is 1. The SMILES string of the molecule is CC(C)Cc1noc(-c2ccsc2N)n1. The number of anilines is 1. The molecular weight excluding hydrogens is 210 g/mol. The van der Waals surface area contributed by atoms with Crippen LogP contribution in [0.15, 0.2) is 16.0 Å². The molecule has 2 aromatic heterocycles. The summed E-state index contributed by atoms with van der Waals surface area (Å²) in [6.45, 7) is 4.24. The first kappa shape index (κ1) is 10.2. The van der Waals surface area contributed by atoms with Gasteiger partial charge in [0.2, 0.25) is 0 Å². The molecule has 80 valence electrons. The summed E-state index contributed by atoms with van der Waals surface area (Å²) in [4.78, 5) is 4.30. The van der Waals surface area contributed by atoms with Crippen LogP contribution in [0.1, 0.15) is 19.7 Å². The summed E-state index contributed by atoms with van der Waals surface area (Å²) in [6.07, 6.45) is 0.827. The Morgan fingerprint density at radius 3 is 2.93 bits per heavy atom. The second kappa shape index (κ2) is 4.02. The molecule has 0 amide bonds. The van der Waals surface area contributed by atoms with Gasteiger partial charge in [0.1, 0.15) is 0 Å². The highest BCUT2D eigenvalue weighted by Gasteiger charge is 2.12. The molecule has 0 bridgehead atoms. The molecule has 0 aliphatic carbocycles. The molecule has 2 rings (SSSR count). The fraction of sp³-hybridized carbons (Fsp3) is 0.400. The molecular formula is C10H13N3OS. The van der Waals surface area contributed by atoms with Gasteiger partial charge < -0.3 is 10.3 Å². The van der Waals surface area contributed by atoms with Crippen molar-refractivity contribution in [3.05, 3.63) is 17.3 Å². The van der Waals surface area contributed by atoms with Gasteiger partial charge in [0.25, 0.3) is 5.89 Å². The maximum absolute atomic E-state index is 5.77. The van der Waals surface area contributed by atoms with Gasteiger partial charge in [0.15, 0.2) is 5.82 Å². The van der Waals surface area contributed by atoms with Gasteiger partial charge in [-0.2, -0.15) is 4.98 Å². The molecule has 0 aliphatic rings. The van der Waals surface area contributed by atoms with Gasteiger partial charge >= 0.3 is 0 Å². The lowest BCUT2D eigenvalue weighted by Gasteiger charge is -1.96. The molecule has 2 heterocycles. The minimum absolute atomic E-state index is 0.518. The summed E-state index contributed by atoms with van der Waals surface area (Å²) in [5, 5.41) is 6.55. The first-order chi connectivity index (χ1) is 7.16. The molecule has 15 heavy (non-hydrogen) atoms. The molecule has 0 radical (unpaired) electrons. The average Bonchev–Trinajstić information content (AvgIpc) is 2.72. The van der Waals surface area contributed by atoms with Gasteiger partial charge in [-0.1, -0.05) is 19.0 Å². The van der Waals surface area contributed by atoms with E-state index in [-0.39, 0.29) is 0 Å². The number of hydrogen-bond donors (Lipinski definition) is 1. The quantitative estimate of drug-likeness (QED) is 0.868. The Hall–Kier alpha value is -1.36. The molecule has 0 atom stereocenters. The zero-order valence-electron chi connectivity index (χ0n) is 8.73. The van der Waals surface area contributed by atoms with Gasteiger partial charge in [-0.15, -0.1) is 11.3 Å². The van der Waals surface area contributed by atoms with Gasteiger partial charge in [-0.3, -0.25) is 0 Å². The van der Waals surface area contributed by atoms with Crippen molar-refractivity contribution in [3.8, 4) is 11.5 Å². The maximum atomic E-state index is 5.77. The van der Waals surface area contributed by atoms with Crippen molar-refractivity contribution in [1.29, 1.82) is 0 Å². The zero-order chi connectivity index (χ0) is 10.8. The monoisotopic (exact) mass is 223 g/mol. The van der Waals surface area contributed by atoms with Crippen LogP contribution in [0.25, 0.3) is 11.5 Å². The zero-order valence-corrected chi connectivity index (χ0v) is 9.54. The van der Waals surface area contributed by atoms with E-state index in [1.807, 2.05) is 11.4 Å². The summed E-state index contributed by atoms with van der Waals surface area (Å²) in [7, 11) is 0. The summed E-state index contributed by atoms with van der Waals surface area (Å²) in [5.41, 5.74) is 6.61. The van der Waals surface area contributed by atoms with Gasteiger partial charge in [0, 0.05) is 6.42 Å². The third-order valence-corrected chi connectivity index (χ3v) is 2.73. The van der Waals surface area contributed by atoms with E-state index >= 15 is 0 Å². The summed E-state index contributed by atoms with van der Waals surface area (Å²) >= 11 is 1.47. The molecule has 0 aliphatic heterocycles. The fourth-order valence-corrected chi connectivity index (χ4v) is 1.94. The average molecular weight is 223 g/mol. The summed E-state index contributed by atoms with van der Waals surface area (Å²) in [6, 6.07) is 1.90. The summed E-state index contributed by atoms with van der Waals surface area (Å²) in [5.74, 6) is 1.78. The Balaban J connectivity index is 2.24. The number of rotatable bonds is 3.